The Hall–Kier alpha value is -4.82. The van der Waals surface area contributed by atoms with E-state index in [0.29, 0.717) is 58.4 Å². The molecular weight excluding hydrogens is 537 g/mol. The maximum atomic E-state index is 15.3. The van der Waals surface area contributed by atoms with Crippen molar-refractivity contribution in [2.24, 2.45) is 24.6 Å². The zero-order chi connectivity index (χ0) is 29.4. The molecule has 1 aliphatic heterocycles. The lowest BCUT2D eigenvalue weighted by Crippen LogP contribution is -2.30. The molecule has 3 atom stereocenters. The predicted molar refractivity (Wildman–Crippen MR) is 156 cm³/mol. The van der Waals surface area contributed by atoms with Gasteiger partial charge >= 0.3 is 5.97 Å². The number of carboxylic acid groups (broad SMARTS) is 1. The van der Waals surface area contributed by atoms with Crippen molar-refractivity contribution >= 4 is 28.4 Å². The molecule has 4 heterocycles. The number of aromatic nitrogens is 3. The van der Waals surface area contributed by atoms with Crippen LogP contribution >= 0.6 is 0 Å². The van der Waals surface area contributed by atoms with Crippen LogP contribution in [0.4, 0.5) is 15.8 Å². The van der Waals surface area contributed by atoms with Crippen LogP contribution in [0, 0.1) is 29.0 Å². The molecule has 0 bridgehead atoms. The fourth-order valence-electron chi connectivity index (χ4n) is 7.28. The quantitative estimate of drug-likeness (QED) is 0.298. The van der Waals surface area contributed by atoms with E-state index < -0.39 is 17.2 Å². The molecule has 2 aliphatic carbocycles. The number of anilines is 2. The zero-order valence-electron chi connectivity index (χ0n) is 23.1. The molecular formula is C31H28FN7O3. The third kappa shape index (κ3) is 3.65. The Kier molecular flexibility index (Phi) is 5.81. The summed E-state index contributed by atoms with van der Waals surface area (Å²) in [6, 6.07) is 5.18. The van der Waals surface area contributed by atoms with Crippen molar-refractivity contribution in [3.05, 3.63) is 69.1 Å². The maximum Gasteiger partial charge on any atom is 0.341 e. The number of hydrogen-bond acceptors (Lipinski definition) is 8. The Labute approximate surface area is 240 Å². The lowest BCUT2D eigenvalue weighted by molar-refractivity contribution is 0.0695. The molecule has 42 heavy (non-hydrogen) atoms. The molecule has 1 saturated carbocycles. The van der Waals surface area contributed by atoms with Crippen LogP contribution in [0.3, 0.4) is 0 Å². The van der Waals surface area contributed by atoms with E-state index >= 15 is 4.39 Å². The third-order valence-corrected chi connectivity index (χ3v) is 9.27. The van der Waals surface area contributed by atoms with Gasteiger partial charge in [0.2, 0.25) is 5.43 Å². The highest BCUT2D eigenvalue weighted by atomic mass is 19.1. The predicted octanol–water partition coefficient (Wildman–Crippen LogP) is 3.49. The summed E-state index contributed by atoms with van der Waals surface area (Å²) in [6.45, 7) is 1.45. The van der Waals surface area contributed by atoms with Crippen LogP contribution in [0.25, 0.3) is 33.3 Å². The molecule has 4 aromatic rings. The Morgan fingerprint density at radius 2 is 2.02 bits per heavy atom. The number of hydrogen-bond donors (Lipinski definition) is 3. The Morgan fingerprint density at radius 3 is 2.74 bits per heavy atom. The molecule has 0 spiro atoms. The first-order chi connectivity index (χ1) is 20.2. The molecule has 1 aromatic carbocycles. The molecule has 2 fully saturated rings. The van der Waals surface area contributed by atoms with Gasteiger partial charge in [-0.25, -0.2) is 14.2 Å². The van der Waals surface area contributed by atoms with Crippen LogP contribution in [-0.2, 0) is 13.5 Å². The molecule has 10 nitrogen and oxygen atoms in total. The molecule has 1 saturated heterocycles. The standard InChI is InChI=1S/C31H28FN7O3/c1-35-24-7-22(32)18(8-33)26-16(24)6-25-27(26)28(39-11-14-3-4-23(34)20(14)13-39)19(10-36-25)15-5-17-29(40)21(31(41)42)12-38(2)30(17)37-9-15/h5,7,9-10,12,14,20,23,35H,3-4,6,11,13,34H2,1-2H3,(H,41,42)/t14-,20+,23-/m1/s1. The third-order valence-electron chi connectivity index (χ3n) is 9.27. The minimum absolute atomic E-state index is 0.0318. The van der Waals surface area contributed by atoms with Crippen molar-refractivity contribution in [3.8, 4) is 28.3 Å². The van der Waals surface area contributed by atoms with E-state index in [9.17, 15) is 20.0 Å². The molecule has 3 aromatic heterocycles. The van der Waals surface area contributed by atoms with Crippen LogP contribution < -0.4 is 21.4 Å². The lowest BCUT2D eigenvalue weighted by atomic mass is 9.94. The van der Waals surface area contributed by atoms with Crippen molar-refractivity contribution in [2.45, 2.75) is 25.3 Å². The highest BCUT2D eigenvalue weighted by molar-refractivity contribution is 6.00. The van der Waals surface area contributed by atoms with Gasteiger partial charge in [0.15, 0.2) is 0 Å². The average Bonchev–Trinajstić information content (AvgIpc) is 3.68. The van der Waals surface area contributed by atoms with E-state index in [1.165, 1.54) is 16.8 Å². The van der Waals surface area contributed by atoms with Crippen molar-refractivity contribution in [3.63, 3.8) is 0 Å². The van der Waals surface area contributed by atoms with Gasteiger partial charge in [0.1, 0.15) is 23.1 Å². The molecule has 0 amide bonds. The Morgan fingerprint density at radius 1 is 1.21 bits per heavy atom. The molecule has 3 aliphatic rings. The van der Waals surface area contributed by atoms with E-state index in [4.69, 9.17) is 10.7 Å². The second kappa shape index (κ2) is 9.36. The topological polar surface area (TPSA) is 150 Å². The van der Waals surface area contributed by atoms with Crippen LogP contribution in [0.15, 0.2) is 35.5 Å². The zero-order valence-corrected chi connectivity index (χ0v) is 23.1. The van der Waals surface area contributed by atoms with Gasteiger partial charge in [-0.05, 0) is 42.4 Å². The van der Waals surface area contributed by atoms with E-state index in [0.717, 1.165) is 36.3 Å². The second-order valence-electron chi connectivity index (χ2n) is 11.5. The van der Waals surface area contributed by atoms with Gasteiger partial charge in [0, 0.05) is 86.2 Å². The number of nitrogens with one attached hydrogen (secondary N) is 1. The van der Waals surface area contributed by atoms with E-state index in [1.54, 1.807) is 32.6 Å². The van der Waals surface area contributed by atoms with Gasteiger partial charge in [0.05, 0.1) is 22.3 Å². The molecule has 11 heteroatoms. The number of rotatable bonds is 4. The number of fused-ring (bicyclic) bond motifs is 5. The summed E-state index contributed by atoms with van der Waals surface area (Å²) in [5, 5.41) is 22.9. The monoisotopic (exact) mass is 565 g/mol. The molecule has 212 valence electrons. The van der Waals surface area contributed by atoms with Crippen molar-refractivity contribution < 1.29 is 14.3 Å². The smallest absolute Gasteiger partial charge is 0.341 e. The van der Waals surface area contributed by atoms with Crippen LogP contribution in [0.1, 0.15) is 40.0 Å². The van der Waals surface area contributed by atoms with Crippen molar-refractivity contribution in [2.75, 3.05) is 30.4 Å². The van der Waals surface area contributed by atoms with Crippen molar-refractivity contribution in [1.82, 2.24) is 14.5 Å². The number of benzene rings is 1. The van der Waals surface area contributed by atoms with E-state index in [-0.39, 0.29) is 22.6 Å². The largest absolute Gasteiger partial charge is 0.477 e. The van der Waals surface area contributed by atoms with Gasteiger partial charge < -0.3 is 25.6 Å². The number of carboxylic acids is 1. The molecule has 0 radical (unpaired) electrons. The number of halogens is 1. The SMILES string of the molecule is CNc1cc(F)c(C#N)c2c1Cc1ncc(-c3cnc4c(c3)c(=O)c(C(=O)O)cn4C)c(N3C[C@H]4CC[C@@H](N)[C@H]4C3)c1-2. The summed E-state index contributed by atoms with van der Waals surface area (Å²) in [7, 11) is 3.36. The first-order valence-electron chi connectivity index (χ1n) is 13.9. The number of aromatic carboxylic acids is 1. The number of nitrogens with two attached hydrogens (primary N) is 1. The second-order valence-corrected chi connectivity index (χ2v) is 11.5. The van der Waals surface area contributed by atoms with Gasteiger partial charge in [-0.1, -0.05) is 0 Å². The lowest BCUT2D eigenvalue weighted by Gasteiger charge is -2.27. The van der Waals surface area contributed by atoms with Crippen LogP contribution in [0.2, 0.25) is 0 Å². The molecule has 4 N–H and O–H groups in total. The summed E-state index contributed by atoms with van der Waals surface area (Å²) >= 11 is 0. The van der Waals surface area contributed by atoms with Gasteiger partial charge in [-0.15, -0.1) is 0 Å². The number of carbonyl (C=O) groups is 1. The van der Waals surface area contributed by atoms with E-state index in [1.807, 2.05) is 0 Å². The normalized spacial score (nSPS) is 20.4. The van der Waals surface area contributed by atoms with Crippen LogP contribution in [0.5, 0.6) is 0 Å². The first kappa shape index (κ1) is 26.1. The van der Waals surface area contributed by atoms with Gasteiger partial charge in [-0.3, -0.25) is 9.78 Å². The molecule has 7 rings (SSSR count). The Bertz CT molecular complexity index is 1950. The highest BCUT2D eigenvalue weighted by Gasteiger charge is 2.43. The summed E-state index contributed by atoms with van der Waals surface area (Å²) in [4.78, 5) is 36.6. The summed E-state index contributed by atoms with van der Waals surface area (Å²) in [6.07, 6.45) is 7.08. The van der Waals surface area contributed by atoms with Gasteiger partial charge in [0.25, 0.3) is 0 Å². The molecule has 0 unspecified atom stereocenters. The average molecular weight is 566 g/mol. The maximum absolute atomic E-state index is 15.3. The van der Waals surface area contributed by atoms with Crippen molar-refractivity contribution in [1.29, 1.82) is 5.26 Å². The number of aryl methyl sites for hydroxylation is 1. The summed E-state index contributed by atoms with van der Waals surface area (Å²) in [5.74, 6) is -1.21. The summed E-state index contributed by atoms with van der Waals surface area (Å²) in [5.41, 5.74) is 11.3. The minimum Gasteiger partial charge on any atom is -0.477 e. The summed E-state index contributed by atoms with van der Waals surface area (Å²) < 4.78 is 16.8. The van der Waals surface area contributed by atoms with Gasteiger partial charge in [-0.2, -0.15) is 5.26 Å². The number of nitriles is 1. The Balaban J connectivity index is 1.52. The van der Waals surface area contributed by atoms with E-state index in [2.05, 4.69) is 21.3 Å². The number of pyridine rings is 3. The highest BCUT2D eigenvalue weighted by Crippen LogP contribution is 2.52. The first-order valence-corrected chi connectivity index (χ1v) is 13.9. The fraction of sp³-hybridized carbons (Fsp3) is 0.323. The fourth-order valence-corrected chi connectivity index (χ4v) is 7.28. The number of nitrogens with zero attached hydrogens (tertiary/aromatic N) is 5. The van der Waals surface area contributed by atoms with Crippen LogP contribution in [-0.4, -0.2) is 51.8 Å². The minimum atomic E-state index is -1.31.